The van der Waals surface area contributed by atoms with Gasteiger partial charge < -0.3 is 4.90 Å². The second kappa shape index (κ2) is 8.22. The van der Waals surface area contributed by atoms with Crippen molar-refractivity contribution in [1.29, 1.82) is 0 Å². The van der Waals surface area contributed by atoms with Gasteiger partial charge in [-0.25, -0.2) is 9.37 Å². The topological polar surface area (TPSA) is 38.1 Å². The molecular formula is C19H16F3N3OS. The maximum absolute atomic E-state index is 13.8. The average molecular weight is 391 g/mol. The van der Waals surface area contributed by atoms with Crippen LogP contribution >= 0.6 is 11.3 Å². The third-order valence-electron chi connectivity index (χ3n) is 3.87. The van der Waals surface area contributed by atoms with Crippen LogP contribution in [0.15, 0.2) is 54.9 Å². The lowest BCUT2D eigenvalue weighted by molar-refractivity contribution is -0.125. The second-order valence-electron chi connectivity index (χ2n) is 5.74. The zero-order chi connectivity index (χ0) is 19.4. The predicted molar refractivity (Wildman–Crippen MR) is 98.7 cm³/mol. The van der Waals surface area contributed by atoms with Crippen LogP contribution in [-0.4, -0.2) is 27.4 Å². The standard InChI is InChI=1S/C19H16F3N3OS/c1-24(12-17-23-10-11-25(17)19(21)22)18(26)9-7-13-6-8-16(27-13)14-4-2-3-5-15(14)20/h2-11,19H,12H2,1H3/b9-7+. The minimum Gasteiger partial charge on any atom is -0.335 e. The molecule has 4 nitrogen and oxygen atoms in total. The van der Waals surface area contributed by atoms with Crippen molar-refractivity contribution in [2.75, 3.05) is 7.05 Å². The molecule has 1 amide bonds. The summed E-state index contributed by atoms with van der Waals surface area (Å²) in [5, 5.41) is 0. The van der Waals surface area contributed by atoms with Crippen LogP contribution in [-0.2, 0) is 11.3 Å². The number of halogens is 3. The van der Waals surface area contributed by atoms with Crippen LogP contribution < -0.4 is 0 Å². The van der Waals surface area contributed by atoms with Crippen molar-refractivity contribution in [3.05, 3.63) is 71.4 Å². The number of aromatic nitrogens is 2. The zero-order valence-corrected chi connectivity index (χ0v) is 15.2. The first-order valence-corrected chi connectivity index (χ1v) is 8.85. The molecule has 0 bridgehead atoms. The van der Waals surface area contributed by atoms with E-state index in [0.717, 1.165) is 9.75 Å². The molecule has 3 rings (SSSR count). The second-order valence-corrected chi connectivity index (χ2v) is 6.85. The molecule has 0 fully saturated rings. The first-order chi connectivity index (χ1) is 13.0. The summed E-state index contributed by atoms with van der Waals surface area (Å²) in [6, 6.07) is 10.1. The van der Waals surface area contributed by atoms with Crippen molar-refractivity contribution in [2.45, 2.75) is 13.1 Å². The Morgan fingerprint density at radius 2 is 2.07 bits per heavy atom. The number of alkyl halides is 2. The highest BCUT2D eigenvalue weighted by atomic mass is 32.1. The number of amides is 1. The van der Waals surface area contributed by atoms with Gasteiger partial charge in [-0.15, -0.1) is 11.3 Å². The summed E-state index contributed by atoms with van der Waals surface area (Å²) >= 11 is 1.35. The molecule has 1 aromatic carbocycles. The van der Waals surface area contributed by atoms with Crippen molar-refractivity contribution in [3.63, 3.8) is 0 Å². The molecular weight excluding hydrogens is 375 g/mol. The molecule has 0 N–H and O–H groups in total. The summed E-state index contributed by atoms with van der Waals surface area (Å²) in [6.45, 7) is -2.74. The fraction of sp³-hybridized carbons (Fsp3) is 0.158. The summed E-state index contributed by atoms with van der Waals surface area (Å²) in [7, 11) is 1.51. The molecule has 0 aliphatic carbocycles. The lowest BCUT2D eigenvalue weighted by atomic mass is 10.2. The van der Waals surface area contributed by atoms with Crippen LogP contribution in [0.2, 0.25) is 0 Å². The first kappa shape index (κ1) is 18.9. The lowest BCUT2D eigenvalue weighted by Crippen LogP contribution is -2.26. The number of rotatable bonds is 6. The summed E-state index contributed by atoms with van der Waals surface area (Å²) in [5.41, 5.74) is 0.504. The molecule has 0 unspecified atom stereocenters. The van der Waals surface area contributed by atoms with E-state index in [2.05, 4.69) is 4.98 Å². The van der Waals surface area contributed by atoms with E-state index >= 15 is 0 Å². The van der Waals surface area contributed by atoms with Gasteiger partial charge in [-0.3, -0.25) is 9.36 Å². The van der Waals surface area contributed by atoms with Crippen molar-refractivity contribution in [2.24, 2.45) is 0 Å². The summed E-state index contributed by atoms with van der Waals surface area (Å²) < 4.78 is 40.2. The molecule has 0 aliphatic rings. The van der Waals surface area contributed by atoms with Crippen molar-refractivity contribution >= 4 is 23.3 Å². The number of benzene rings is 1. The average Bonchev–Trinajstić information content (AvgIpc) is 3.29. The Kier molecular flexibility index (Phi) is 5.75. The SMILES string of the molecule is CN(Cc1nccn1C(F)F)C(=O)/C=C/c1ccc(-c2ccccc2F)s1. The van der Waals surface area contributed by atoms with Crippen LogP contribution in [0.5, 0.6) is 0 Å². The van der Waals surface area contributed by atoms with E-state index in [4.69, 9.17) is 0 Å². The Labute approximate surface area is 158 Å². The van der Waals surface area contributed by atoms with Crippen molar-refractivity contribution < 1.29 is 18.0 Å². The summed E-state index contributed by atoms with van der Waals surface area (Å²) in [4.78, 5) is 18.9. The smallest absolute Gasteiger partial charge is 0.319 e. The molecule has 0 saturated carbocycles. The maximum atomic E-state index is 13.8. The highest BCUT2D eigenvalue weighted by Gasteiger charge is 2.15. The molecule has 0 radical (unpaired) electrons. The van der Waals surface area contributed by atoms with Gasteiger partial charge in [-0.05, 0) is 24.3 Å². The number of hydrogen-bond acceptors (Lipinski definition) is 3. The maximum Gasteiger partial charge on any atom is 0.319 e. The quantitative estimate of drug-likeness (QED) is 0.565. The fourth-order valence-corrected chi connectivity index (χ4v) is 3.40. The van der Waals surface area contributed by atoms with Gasteiger partial charge in [-0.2, -0.15) is 8.78 Å². The van der Waals surface area contributed by atoms with Crippen LogP contribution in [0.25, 0.3) is 16.5 Å². The molecule has 2 heterocycles. The molecule has 8 heteroatoms. The van der Waals surface area contributed by atoms with Gasteiger partial charge >= 0.3 is 6.55 Å². The van der Waals surface area contributed by atoms with Crippen molar-refractivity contribution in [3.8, 4) is 10.4 Å². The Hall–Kier alpha value is -2.87. The summed E-state index contributed by atoms with van der Waals surface area (Å²) in [5.74, 6) is -0.549. The number of carbonyl (C=O) groups excluding carboxylic acids is 1. The Bertz CT molecular complexity index is 965. The molecule has 0 atom stereocenters. The number of thiophene rings is 1. The lowest BCUT2D eigenvalue weighted by Gasteiger charge is -2.15. The van der Waals surface area contributed by atoms with Crippen LogP contribution in [0.3, 0.4) is 0 Å². The van der Waals surface area contributed by atoms with Crippen molar-refractivity contribution in [1.82, 2.24) is 14.5 Å². The number of imidazole rings is 1. The normalized spacial score (nSPS) is 11.4. The summed E-state index contributed by atoms with van der Waals surface area (Å²) in [6.07, 6.45) is 5.41. The number of hydrogen-bond donors (Lipinski definition) is 0. The van der Waals surface area contributed by atoms with E-state index in [0.29, 0.717) is 10.1 Å². The Morgan fingerprint density at radius 3 is 2.81 bits per heavy atom. The fourth-order valence-electron chi connectivity index (χ4n) is 2.46. The van der Waals surface area contributed by atoms with Gasteiger partial charge in [0.1, 0.15) is 11.6 Å². The van der Waals surface area contributed by atoms with Gasteiger partial charge in [0.25, 0.3) is 0 Å². The minimum atomic E-state index is -2.70. The highest BCUT2D eigenvalue weighted by Crippen LogP contribution is 2.30. The third-order valence-corrected chi connectivity index (χ3v) is 4.95. The monoisotopic (exact) mass is 391 g/mol. The van der Waals surface area contributed by atoms with E-state index in [1.54, 1.807) is 36.4 Å². The number of carbonyl (C=O) groups is 1. The molecule has 0 aliphatic heterocycles. The largest absolute Gasteiger partial charge is 0.335 e. The third kappa shape index (κ3) is 4.46. The van der Waals surface area contributed by atoms with E-state index in [1.165, 1.54) is 47.8 Å². The van der Waals surface area contributed by atoms with E-state index in [1.807, 2.05) is 0 Å². The molecule has 3 aromatic rings. The van der Waals surface area contributed by atoms with Crippen LogP contribution in [0.1, 0.15) is 17.3 Å². The van der Waals surface area contributed by atoms with Gasteiger partial charge in [0.15, 0.2) is 0 Å². The van der Waals surface area contributed by atoms with E-state index in [9.17, 15) is 18.0 Å². The zero-order valence-electron chi connectivity index (χ0n) is 14.3. The first-order valence-electron chi connectivity index (χ1n) is 8.03. The van der Waals surface area contributed by atoms with E-state index < -0.39 is 6.55 Å². The minimum absolute atomic E-state index is 0.0363. The number of nitrogens with zero attached hydrogens (tertiary/aromatic N) is 3. The molecule has 140 valence electrons. The van der Waals surface area contributed by atoms with Gasteiger partial charge in [0, 0.05) is 40.8 Å². The predicted octanol–water partition coefficient (Wildman–Crippen LogP) is 4.82. The molecule has 2 aromatic heterocycles. The molecule has 0 saturated heterocycles. The van der Waals surface area contributed by atoms with E-state index in [-0.39, 0.29) is 24.1 Å². The van der Waals surface area contributed by atoms with Gasteiger partial charge in [0.05, 0.1) is 6.54 Å². The molecule has 27 heavy (non-hydrogen) atoms. The molecule has 0 spiro atoms. The van der Waals surface area contributed by atoms with Gasteiger partial charge in [0.2, 0.25) is 5.91 Å². The van der Waals surface area contributed by atoms with Crippen LogP contribution in [0, 0.1) is 5.82 Å². The van der Waals surface area contributed by atoms with Crippen LogP contribution in [0.4, 0.5) is 13.2 Å². The van der Waals surface area contributed by atoms with Gasteiger partial charge in [-0.1, -0.05) is 18.2 Å². The Balaban J connectivity index is 1.66. The Morgan fingerprint density at radius 1 is 1.30 bits per heavy atom. The number of likely N-dealkylation sites (N-methyl/N-ethyl adjacent to an activating group) is 1. The highest BCUT2D eigenvalue weighted by molar-refractivity contribution is 7.16.